The molecule has 1 N–H and O–H groups in total. The van der Waals surface area contributed by atoms with E-state index in [1.165, 1.54) is 6.92 Å². The average Bonchev–Trinajstić information content (AvgIpc) is 3.12. The van der Waals surface area contributed by atoms with Crippen molar-refractivity contribution in [3.05, 3.63) is 77.9 Å². The van der Waals surface area contributed by atoms with Crippen LogP contribution in [0.1, 0.15) is 35.7 Å². The molecule has 3 amide bonds. The number of carbonyl (C=O) groups excluding carboxylic acids is 5. The number of allylic oxidation sites excluding steroid dienone is 2. The molecule has 8 nitrogen and oxygen atoms in total. The first kappa shape index (κ1) is 24.1. The molecule has 0 bridgehead atoms. The molecule has 0 radical (unpaired) electrons. The zero-order chi connectivity index (χ0) is 24.9. The van der Waals surface area contributed by atoms with Gasteiger partial charge < -0.3 is 10.1 Å². The molecule has 0 unspecified atom stereocenters. The summed E-state index contributed by atoms with van der Waals surface area (Å²) in [7, 11) is 0. The minimum Gasteiger partial charge on any atom is -0.454 e. The number of likely N-dealkylation sites (tertiary alicyclic amines) is 1. The second kappa shape index (κ2) is 10.5. The van der Waals surface area contributed by atoms with Crippen molar-refractivity contribution in [1.82, 2.24) is 4.90 Å². The number of imide groups is 1. The Labute approximate surface area is 202 Å². The Morgan fingerprint density at radius 3 is 2.11 bits per heavy atom. The van der Waals surface area contributed by atoms with Crippen LogP contribution in [0.3, 0.4) is 0 Å². The van der Waals surface area contributed by atoms with Gasteiger partial charge in [-0.2, -0.15) is 0 Å². The van der Waals surface area contributed by atoms with Gasteiger partial charge in [0.1, 0.15) is 6.04 Å². The summed E-state index contributed by atoms with van der Waals surface area (Å²) in [5.74, 6) is -3.19. The Balaban J connectivity index is 1.45. The van der Waals surface area contributed by atoms with E-state index < -0.39 is 36.4 Å². The highest BCUT2D eigenvalue weighted by Gasteiger charge is 2.51. The zero-order valence-corrected chi connectivity index (χ0v) is 19.3. The topological polar surface area (TPSA) is 110 Å². The number of amides is 3. The van der Waals surface area contributed by atoms with Crippen molar-refractivity contribution in [2.45, 2.75) is 32.2 Å². The van der Waals surface area contributed by atoms with E-state index in [0.29, 0.717) is 24.1 Å². The molecule has 2 aromatic rings. The maximum atomic E-state index is 13.1. The Bertz CT molecular complexity index is 1150. The van der Waals surface area contributed by atoms with E-state index in [0.717, 1.165) is 10.5 Å². The van der Waals surface area contributed by atoms with Gasteiger partial charge in [-0.3, -0.25) is 24.1 Å². The smallest absolute Gasteiger partial charge is 0.330 e. The fourth-order valence-corrected chi connectivity index (χ4v) is 4.47. The first-order valence-corrected chi connectivity index (χ1v) is 11.5. The van der Waals surface area contributed by atoms with Gasteiger partial charge in [-0.15, -0.1) is 0 Å². The molecule has 1 heterocycles. The fraction of sp³-hybridized carbons (Fsp3) is 0.296. The quantitative estimate of drug-likeness (QED) is 0.273. The normalized spacial score (nSPS) is 19.7. The van der Waals surface area contributed by atoms with Crippen LogP contribution >= 0.6 is 0 Å². The number of nitrogens with zero attached hydrogens (tertiary/aromatic N) is 1. The van der Waals surface area contributed by atoms with E-state index in [-0.39, 0.29) is 24.0 Å². The Kier molecular flexibility index (Phi) is 7.19. The number of nitrogens with one attached hydrogen (secondary N) is 1. The molecule has 3 atom stereocenters. The van der Waals surface area contributed by atoms with Gasteiger partial charge >= 0.3 is 5.97 Å². The summed E-state index contributed by atoms with van der Waals surface area (Å²) in [6, 6.07) is 14.2. The third-order valence-corrected chi connectivity index (χ3v) is 6.32. The summed E-state index contributed by atoms with van der Waals surface area (Å²) in [5, 5.41) is 2.60. The standard InChI is InChI=1S/C27H26N2O6/c1-17(30)19-11-13-20(14-12-19)28-24(31)16-35-27(34)23(15-18-7-3-2-4-8-18)29-25(32)21-9-5-6-10-22(21)26(29)33/h2-8,11-14,21-23H,9-10,15-16H2,1H3,(H,28,31)/t21-,22+,23-/m1/s1. The third-order valence-electron chi connectivity index (χ3n) is 6.32. The number of rotatable bonds is 8. The molecular formula is C27H26N2O6. The molecule has 0 aromatic heterocycles. The van der Waals surface area contributed by atoms with Crippen molar-refractivity contribution in [2.75, 3.05) is 11.9 Å². The molecule has 1 saturated heterocycles. The first-order chi connectivity index (χ1) is 16.8. The summed E-state index contributed by atoms with van der Waals surface area (Å²) in [6.07, 6.45) is 4.78. The number of hydrogen-bond acceptors (Lipinski definition) is 6. The predicted octanol–water partition coefficient (Wildman–Crippen LogP) is 2.93. The van der Waals surface area contributed by atoms with Gasteiger partial charge in [-0.25, -0.2) is 4.79 Å². The van der Waals surface area contributed by atoms with Gasteiger partial charge in [-0.05, 0) is 49.6 Å². The van der Waals surface area contributed by atoms with E-state index >= 15 is 0 Å². The van der Waals surface area contributed by atoms with Crippen LogP contribution in [0.2, 0.25) is 0 Å². The number of fused-ring (bicyclic) bond motifs is 1. The van der Waals surface area contributed by atoms with Crippen LogP contribution in [0.25, 0.3) is 0 Å². The summed E-state index contributed by atoms with van der Waals surface area (Å²) in [4.78, 5) is 64.1. The minimum absolute atomic E-state index is 0.0945. The Morgan fingerprint density at radius 2 is 1.54 bits per heavy atom. The lowest BCUT2D eigenvalue weighted by Crippen LogP contribution is -2.48. The van der Waals surface area contributed by atoms with E-state index in [9.17, 15) is 24.0 Å². The molecule has 1 aliphatic carbocycles. The van der Waals surface area contributed by atoms with Crippen molar-refractivity contribution < 1.29 is 28.7 Å². The Morgan fingerprint density at radius 1 is 0.943 bits per heavy atom. The minimum atomic E-state index is -1.16. The largest absolute Gasteiger partial charge is 0.454 e. The van der Waals surface area contributed by atoms with E-state index in [2.05, 4.69) is 5.32 Å². The van der Waals surface area contributed by atoms with Crippen LogP contribution in [-0.2, 0) is 30.3 Å². The van der Waals surface area contributed by atoms with Crippen LogP contribution in [0.15, 0.2) is 66.7 Å². The zero-order valence-electron chi connectivity index (χ0n) is 19.3. The monoisotopic (exact) mass is 474 g/mol. The number of ether oxygens (including phenoxy) is 1. The van der Waals surface area contributed by atoms with E-state index in [1.54, 1.807) is 48.5 Å². The molecule has 8 heteroatoms. The first-order valence-electron chi connectivity index (χ1n) is 11.5. The van der Waals surface area contributed by atoms with Crippen molar-refractivity contribution in [1.29, 1.82) is 0 Å². The predicted molar refractivity (Wildman–Crippen MR) is 127 cm³/mol. The van der Waals surface area contributed by atoms with Gasteiger partial charge in [0.25, 0.3) is 5.91 Å². The summed E-state index contributed by atoms with van der Waals surface area (Å²) in [6.45, 7) is 0.864. The number of esters is 1. The van der Waals surface area contributed by atoms with Gasteiger partial charge in [0.2, 0.25) is 11.8 Å². The van der Waals surface area contributed by atoms with Crippen molar-refractivity contribution in [3.8, 4) is 0 Å². The second-order valence-corrected chi connectivity index (χ2v) is 8.70. The van der Waals surface area contributed by atoms with Crippen LogP contribution < -0.4 is 5.32 Å². The number of hydrogen-bond donors (Lipinski definition) is 1. The molecule has 0 saturated carbocycles. The highest BCUT2D eigenvalue weighted by molar-refractivity contribution is 6.08. The van der Waals surface area contributed by atoms with E-state index in [1.807, 2.05) is 18.2 Å². The van der Waals surface area contributed by atoms with Gasteiger partial charge in [0, 0.05) is 17.7 Å². The number of benzene rings is 2. The maximum Gasteiger partial charge on any atom is 0.330 e. The molecular weight excluding hydrogens is 448 g/mol. The van der Waals surface area contributed by atoms with Crippen LogP contribution in [0, 0.1) is 11.8 Å². The highest BCUT2D eigenvalue weighted by Crippen LogP contribution is 2.36. The maximum absolute atomic E-state index is 13.1. The lowest BCUT2D eigenvalue weighted by atomic mass is 9.85. The van der Waals surface area contributed by atoms with Crippen LogP contribution in [-0.4, -0.2) is 47.0 Å². The number of anilines is 1. The number of ketones is 1. The lowest BCUT2D eigenvalue weighted by Gasteiger charge is -2.25. The third kappa shape index (κ3) is 5.37. The molecule has 1 aliphatic heterocycles. The van der Waals surface area contributed by atoms with Gasteiger partial charge in [0.15, 0.2) is 12.4 Å². The summed E-state index contributed by atoms with van der Waals surface area (Å²) >= 11 is 0. The van der Waals surface area contributed by atoms with Crippen molar-refractivity contribution in [2.24, 2.45) is 11.8 Å². The number of carbonyl (C=O) groups is 5. The second-order valence-electron chi connectivity index (χ2n) is 8.70. The Hall–Kier alpha value is -4.07. The molecule has 180 valence electrons. The summed E-state index contributed by atoms with van der Waals surface area (Å²) in [5.41, 5.74) is 1.71. The molecule has 1 fully saturated rings. The molecule has 2 aliphatic rings. The highest BCUT2D eigenvalue weighted by atomic mass is 16.5. The average molecular weight is 475 g/mol. The number of Topliss-reactive ketones (excluding diaryl/α,β-unsaturated/α-hetero) is 1. The SMILES string of the molecule is CC(=O)c1ccc(NC(=O)COC(=O)[C@@H](Cc2ccccc2)N2C(=O)[C@H]3CC=CC[C@H]3C2=O)cc1. The molecule has 2 aromatic carbocycles. The van der Waals surface area contributed by atoms with Crippen molar-refractivity contribution >= 4 is 35.2 Å². The summed E-state index contributed by atoms with van der Waals surface area (Å²) < 4.78 is 5.27. The fourth-order valence-electron chi connectivity index (χ4n) is 4.47. The van der Waals surface area contributed by atoms with Gasteiger partial charge in [-0.1, -0.05) is 42.5 Å². The lowest BCUT2D eigenvalue weighted by molar-refractivity contribution is -0.159. The molecule has 4 rings (SSSR count). The molecule has 35 heavy (non-hydrogen) atoms. The molecule has 0 spiro atoms. The van der Waals surface area contributed by atoms with Crippen LogP contribution in [0.5, 0.6) is 0 Å². The van der Waals surface area contributed by atoms with E-state index in [4.69, 9.17) is 4.74 Å². The van der Waals surface area contributed by atoms with Crippen LogP contribution in [0.4, 0.5) is 5.69 Å². The van der Waals surface area contributed by atoms with Gasteiger partial charge in [0.05, 0.1) is 11.8 Å². The van der Waals surface area contributed by atoms with Crippen molar-refractivity contribution in [3.63, 3.8) is 0 Å².